The molecule has 1 aromatic heterocycles. The Morgan fingerprint density at radius 2 is 2.04 bits per heavy atom. The van der Waals surface area contributed by atoms with Crippen molar-refractivity contribution in [2.24, 2.45) is 0 Å². The molecule has 0 amide bonds. The van der Waals surface area contributed by atoms with E-state index in [0.29, 0.717) is 18.1 Å². The monoisotopic (exact) mass is 390 g/mol. The molecule has 1 saturated heterocycles. The number of rotatable bonds is 5. The Morgan fingerprint density at radius 1 is 1.30 bits per heavy atom. The number of benzene rings is 1. The van der Waals surface area contributed by atoms with Gasteiger partial charge in [0.15, 0.2) is 0 Å². The molecule has 0 aliphatic carbocycles. The fourth-order valence-corrected chi connectivity index (χ4v) is 3.28. The summed E-state index contributed by atoms with van der Waals surface area (Å²) in [5.74, 6) is -0.376. The highest BCUT2D eigenvalue weighted by molar-refractivity contribution is 6.30. The zero-order valence-corrected chi connectivity index (χ0v) is 15.6. The van der Waals surface area contributed by atoms with Gasteiger partial charge in [-0.15, -0.1) is 0 Å². The van der Waals surface area contributed by atoms with Gasteiger partial charge in [-0.25, -0.2) is 9.78 Å². The first kappa shape index (κ1) is 19.1. The average Bonchev–Trinajstić information content (AvgIpc) is 2.67. The summed E-state index contributed by atoms with van der Waals surface area (Å²) < 4.78 is 4.60. The number of halogens is 1. The standard InChI is InChI=1S/C18H19ClN4O4/c1-27-18(24)14-10-16(23(25)26)17(20-11-14)22-7-5-21(6-8-22)12-13-3-2-4-15(19)9-13/h2-4,9-11H,5-8,12H2,1H3. The molecule has 0 unspecified atom stereocenters. The highest BCUT2D eigenvalue weighted by Crippen LogP contribution is 2.28. The fourth-order valence-electron chi connectivity index (χ4n) is 3.06. The number of anilines is 1. The molecule has 0 bridgehead atoms. The van der Waals surface area contributed by atoms with E-state index in [4.69, 9.17) is 11.6 Å². The van der Waals surface area contributed by atoms with Gasteiger partial charge >= 0.3 is 11.7 Å². The summed E-state index contributed by atoms with van der Waals surface area (Å²) in [6.07, 6.45) is 1.31. The first-order valence-corrected chi connectivity index (χ1v) is 8.80. The van der Waals surface area contributed by atoms with Crippen molar-refractivity contribution in [2.75, 3.05) is 38.2 Å². The predicted molar refractivity (Wildman–Crippen MR) is 101 cm³/mol. The Bertz CT molecular complexity index is 853. The molecule has 1 aliphatic heterocycles. The molecule has 142 valence electrons. The van der Waals surface area contributed by atoms with Gasteiger partial charge in [-0.05, 0) is 17.7 Å². The number of hydrogen-bond acceptors (Lipinski definition) is 7. The molecule has 0 N–H and O–H groups in total. The molecule has 3 rings (SSSR count). The van der Waals surface area contributed by atoms with Gasteiger partial charge in [0.25, 0.3) is 0 Å². The van der Waals surface area contributed by atoms with Crippen LogP contribution in [0.1, 0.15) is 15.9 Å². The zero-order valence-electron chi connectivity index (χ0n) is 14.8. The third-order valence-electron chi connectivity index (χ3n) is 4.43. The van der Waals surface area contributed by atoms with E-state index < -0.39 is 10.9 Å². The Morgan fingerprint density at radius 3 is 2.67 bits per heavy atom. The van der Waals surface area contributed by atoms with E-state index in [1.54, 1.807) is 0 Å². The zero-order chi connectivity index (χ0) is 19.4. The predicted octanol–water partition coefficient (Wildman–Crippen LogP) is 2.75. The molecule has 8 nitrogen and oxygen atoms in total. The van der Waals surface area contributed by atoms with Gasteiger partial charge in [-0.1, -0.05) is 23.7 Å². The molecule has 0 radical (unpaired) electrons. The minimum atomic E-state index is -0.650. The van der Waals surface area contributed by atoms with Crippen LogP contribution in [0.3, 0.4) is 0 Å². The van der Waals surface area contributed by atoms with Crippen molar-refractivity contribution >= 4 is 29.1 Å². The quantitative estimate of drug-likeness (QED) is 0.440. The van der Waals surface area contributed by atoms with Crippen LogP contribution < -0.4 is 4.90 Å². The maximum atomic E-state index is 11.6. The Hall–Kier alpha value is -2.71. The third kappa shape index (κ3) is 4.53. The summed E-state index contributed by atoms with van der Waals surface area (Å²) in [5, 5.41) is 12.1. The Kier molecular flexibility index (Phi) is 5.88. The molecule has 9 heteroatoms. The summed E-state index contributed by atoms with van der Waals surface area (Å²) in [4.78, 5) is 30.8. The van der Waals surface area contributed by atoms with Crippen LogP contribution in [0.2, 0.25) is 5.02 Å². The SMILES string of the molecule is COC(=O)c1cnc(N2CCN(Cc3cccc(Cl)c3)CC2)c([N+](=O)[O-])c1. The number of esters is 1. The van der Waals surface area contributed by atoms with E-state index in [1.807, 2.05) is 29.2 Å². The van der Waals surface area contributed by atoms with Crippen LogP contribution in [0.25, 0.3) is 0 Å². The number of aromatic nitrogens is 1. The van der Waals surface area contributed by atoms with Gasteiger partial charge in [0.1, 0.15) is 0 Å². The van der Waals surface area contributed by atoms with Crippen molar-refractivity contribution in [3.8, 4) is 0 Å². The maximum absolute atomic E-state index is 11.6. The second-order valence-corrected chi connectivity index (χ2v) is 6.64. The van der Waals surface area contributed by atoms with Gasteiger partial charge in [-0.3, -0.25) is 15.0 Å². The largest absolute Gasteiger partial charge is 0.465 e. The number of nitro groups is 1. The molecule has 0 atom stereocenters. The van der Waals surface area contributed by atoms with Gasteiger partial charge in [-0.2, -0.15) is 0 Å². The molecular formula is C18H19ClN4O4. The number of ether oxygens (including phenoxy) is 1. The highest BCUT2D eigenvalue weighted by Gasteiger charge is 2.26. The number of pyridine rings is 1. The molecule has 2 aromatic rings. The smallest absolute Gasteiger partial charge is 0.339 e. The van der Waals surface area contributed by atoms with Gasteiger partial charge in [0, 0.05) is 50.0 Å². The molecule has 1 aliphatic rings. The number of piperazine rings is 1. The van der Waals surface area contributed by atoms with Crippen molar-refractivity contribution < 1.29 is 14.5 Å². The molecule has 1 aromatic carbocycles. The molecular weight excluding hydrogens is 372 g/mol. The second kappa shape index (κ2) is 8.32. The van der Waals surface area contributed by atoms with Crippen LogP contribution in [-0.4, -0.2) is 54.1 Å². The van der Waals surface area contributed by atoms with Crippen LogP contribution in [-0.2, 0) is 11.3 Å². The Balaban J connectivity index is 1.70. The Labute approximate surface area is 161 Å². The van der Waals surface area contributed by atoms with E-state index >= 15 is 0 Å². The second-order valence-electron chi connectivity index (χ2n) is 6.21. The lowest BCUT2D eigenvalue weighted by Crippen LogP contribution is -2.46. The van der Waals surface area contributed by atoms with Crippen molar-refractivity contribution in [1.29, 1.82) is 0 Å². The maximum Gasteiger partial charge on any atom is 0.339 e. The first-order valence-electron chi connectivity index (χ1n) is 8.42. The number of methoxy groups -OCH3 is 1. The van der Waals surface area contributed by atoms with Gasteiger partial charge < -0.3 is 9.64 Å². The number of carbonyl (C=O) groups excluding carboxylic acids is 1. The normalized spacial score (nSPS) is 14.8. The molecule has 2 heterocycles. The lowest BCUT2D eigenvalue weighted by Gasteiger charge is -2.35. The van der Waals surface area contributed by atoms with Crippen LogP contribution in [0.5, 0.6) is 0 Å². The average molecular weight is 391 g/mol. The van der Waals surface area contributed by atoms with Crippen molar-refractivity contribution in [2.45, 2.75) is 6.54 Å². The van der Waals surface area contributed by atoms with Crippen LogP contribution in [0, 0.1) is 10.1 Å². The molecule has 27 heavy (non-hydrogen) atoms. The minimum Gasteiger partial charge on any atom is -0.465 e. The fraction of sp³-hybridized carbons (Fsp3) is 0.333. The summed E-state index contributed by atoms with van der Waals surface area (Å²) in [6, 6.07) is 8.93. The number of nitrogens with zero attached hydrogens (tertiary/aromatic N) is 4. The third-order valence-corrected chi connectivity index (χ3v) is 4.67. The van der Waals surface area contributed by atoms with Crippen molar-refractivity contribution in [3.63, 3.8) is 0 Å². The summed E-state index contributed by atoms with van der Waals surface area (Å²) in [6.45, 7) is 3.46. The van der Waals surface area contributed by atoms with E-state index in [1.165, 1.54) is 19.4 Å². The summed E-state index contributed by atoms with van der Waals surface area (Å²) >= 11 is 6.03. The first-order chi connectivity index (χ1) is 13.0. The topological polar surface area (TPSA) is 88.8 Å². The summed E-state index contributed by atoms with van der Waals surface area (Å²) in [5.41, 5.74) is 0.996. The van der Waals surface area contributed by atoms with Crippen molar-refractivity contribution in [3.05, 3.63) is 62.8 Å². The van der Waals surface area contributed by atoms with Gasteiger partial charge in [0.2, 0.25) is 5.82 Å². The lowest BCUT2D eigenvalue weighted by atomic mass is 10.2. The lowest BCUT2D eigenvalue weighted by molar-refractivity contribution is -0.384. The molecule has 0 saturated carbocycles. The molecule has 0 spiro atoms. The van der Waals surface area contributed by atoms with E-state index in [9.17, 15) is 14.9 Å². The van der Waals surface area contributed by atoms with E-state index in [2.05, 4.69) is 14.6 Å². The number of carbonyl (C=O) groups is 1. The van der Waals surface area contributed by atoms with Crippen LogP contribution >= 0.6 is 11.6 Å². The van der Waals surface area contributed by atoms with E-state index in [0.717, 1.165) is 25.2 Å². The molecule has 1 fully saturated rings. The van der Waals surface area contributed by atoms with Gasteiger partial charge in [0.05, 0.1) is 17.6 Å². The van der Waals surface area contributed by atoms with Crippen molar-refractivity contribution in [1.82, 2.24) is 9.88 Å². The van der Waals surface area contributed by atoms with E-state index in [-0.39, 0.29) is 17.1 Å². The van der Waals surface area contributed by atoms with Crippen LogP contribution in [0.4, 0.5) is 11.5 Å². The minimum absolute atomic E-state index is 0.0625. The number of hydrogen-bond donors (Lipinski definition) is 0. The van der Waals surface area contributed by atoms with Crippen LogP contribution in [0.15, 0.2) is 36.5 Å². The summed E-state index contributed by atoms with van der Waals surface area (Å²) in [7, 11) is 1.22. The highest BCUT2D eigenvalue weighted by atomic mass is 35.5.